The van der Waals surface area contributed by atoms with Gasteiger partial charge >= 0.3 is 0 Å². The van der Waals surface area contributed by atoms with Gasteiger partial charge in [-0.25, -0.2) is 4.39 Å². The van der Waals surface area contributed by atoms with E-state index >= 15 is 0 Å². The average molecular weight is 283 g/mol. The first kappa shape index (κ1) is 15.1. The maximum atomic E-state index is 13.2. The highest BCUT2D eigenvalue weighted by molar-refractivity contribution is 5.33. The molecule has 0 aromatic heterocycles. The molecule has 2 rings (SSSR count). The van der Waals surface area contributed by atoms with Crippen molar-refractivity contribution in [2.45, 2.75) is 26.2 Å². The van der Waals surface area contributed by atoms with Gasteiger partial charge in [-0.2, -0.15) is 5.26 Å². The van der Waals surface area contributed by atoms with Crippen LogP contribution in [0, 0.1) is 31.0 Å². The van der Waals surface area contributed by atoms with E-state index in [0.717, 1.165) is 5.75 Å². The van der Waals surface area contributed by atoms with Crippen molar-refractivity contribution in [3.63, 3.8) is 0 Å². The second kappa shape index (κ2) is 6.90. The predicted octanol–water partition coefficient (Wildman–Crippen LogP) is 4.52. The molecular formula is C18H18FNO. The zero-order valence-electron chi connectivity index (χ0n) is 12.3. The summed E-state index contributed by atoms with van der Waals surface area (Å²) < 4.78 is 18.9. The van der Waals surface area contributed by atoms with Crippen molar-refractivity contribution in [2.24, 2.45) is 0 Å². The highest BCUT2D eigenvalue weighted by Gasteiger charge is 2.11. The molecule has 0 saturated heterocycles. The van der Waals surface area contributed by atoms with Crippen molar-refractivity contribution >= 4 is 0 Å². The Balaban J connectivity index is 1.95. The number of nitriles is 1. The molecule has 2 aromatic rings. The lowest BCUT2D eigenvalue weighted by molar-refractivity contribution is 0.305. The molecule has 0 aliphatic rings. The maximum Gasteiger partial charge on any atom is 0.123 e. The number of nitrogens with zero attached hydrogens (tertiary/aromatic N) is 1. The van der Waals surface area contributed by atoms with Gasteiger partial charge in [0.05, 0.1) is 18.6 Å². The van der Waals surface area contributed by atoms with Crippen LogP contribution >= 0.6 is 0 Å². The van der Waals surface area contributed by atoms with Crippen molar-refractivity contribution < 1.29 is 9.13 Å². The van der Waals surface area contributed by atoms with Crippen molar-refractivity contribution in [3.8, 4) is 11.8 Å². The zero-order chi connectivity index (χ0) is 15.2. The van der Waals surface area contributed by atoms with Crippen molar-refractivity contribution in [1.82, 2.24) is 0 Å². The number of benzene rings is 2. The molecule has 108 valence electrons. The summed E-state index contributed by atoms with van der Waals surface area (Å²) in [6, 6.07) is 14.3. The van der Waals surface area contributed by atoms with Crippen LogP contribution in [0.15, 0.2) is 42.5 Å². The molecule has 3 heteroatoms. The van der Waals surface area contributed by atoms with E-state index in [1.54, 1.807) is 12.1 Å². The Morgan fingerprint density at radius 1 is 1.14 bits per heavy atom. The standard InChI is InChI=1S/C18H18FNO/c1-13-6-7-18(10-14(13)2)21-9-8-16(12-20)15-4-3-5-17(19)11-15/h3-7,10-11,16H,8-9H2,1-2H3. The second-order valence-electron chi connectivity index (χ2n) is 5.12. The minimum absolute atomic E-state index is 0.317. The summed E-state index contributed by atoms with van der Waals surface area (Å²) in [7, 11) is 0. The van der Waals surface area contributed by atoms with E-state index in [9.17, 15) is 9.65 Å². The number of hydrogen-bond donors (Lipinski definition) is 0. The van der Waals surface area contributed by atoms with Crippen LogP contribution in [-0.2, 0) is 0 Å². The Kier molecular flexibility index (Phi) is 4.94. The molecule has 0 aliphatic heterocycles. The minimum Gasteiger partial charge on any atom is -0.494 e. The molecule has 0 spiro atoms. The summed E-state index contributed by atoms with van der Waals surface area (Å²) in [5.41, 5.74) is 3.09. The van der Waals surface area contributed by atoms with Gasteiger partial charge in [0, 0.05) is 6.42 Å². The molecule has 1 atom stereocenters. The lowest BCUT2D eigenvalue weighted by Crippen LogP contribution is -2.05. The third-order valence-corrected chi connectivity index (χ3v) is 3.56. The summed E-state index contributed by atoms with van der Waals surface area (Å²) in [5, 5.41) is 9.22. The highest BCUT2D eigenvalue weighted by atomic mass is 19.1. The fraction of sp³-hybridized carbons (Fsp3) is 0.278. The Bertz CT molecular complexity index is 661. The van der Waals surface area contributed by atoms with Crippen LogP contribution in [0.3, 0.4) is 0 Å². The molecule has 2 nitrogen and oxygen atoms in total. The number of rotatable bonds is 5. The van der Waals surface area contributed by atoms with Gasteiger partial charge in [0.25, 0.3) is 0 Å². The van der Waals surface area contributed by atoms with E-state index in [4.69, 9.17) is 4.74 Å². The second-order valence-corrected chi connectivity index (χ2v) is 5.12. The van der Waals surface area contributed by atoms with E-state index in [1.165, 1.54) is 23.3 Å². The lowest BCUT2D eigenvalue weighted by Gasteiger charge is -2.12. The first-order valence-corrected chi connectivity index (χ1v) is 6.95. The van der Waals surface area contributed by atoms with Gasteiger partial charge in [0.1, 0.15) is 11.6 Å². The molecule has 0 amide bonds. The van der Waals surface area contributed by atoms with E-state index < -0.39 is 0 Å². The molecule has 0 N–H and O–H groups in total. The van der Waals surface area contributed by atoms with Crippen molar-refractivity contribution in [1.29, 1.82) is 5.26 Å². The number of aryl methyl sites for hydroxylation is 2. The Morgan fingerprint density at radius 3 is 2.62 bits per heavy atom. The summed E-state index contributed by atoms with van der Waals surface area (Å²) in [4.78, 5) is 0. The molecular weight excluding hydrogens is 265 g/mol. The van der Waals surface area contributed by atoms with Crippen LogP contribution in [0.4, 0.5) is 4.39 Å². The van der Waals surface area contributed by atoms with Crippen LogP contribution in [0.25, 0.3) is 0 Å². The molecule has 0 heterocycles. The third kappa shape index (κ3) is 4.06. The summed E-state index contributed by atoms with van der Waals surface area (Å²) in [5.74, 6) is 0.129. The van der Waals surface area contributed by atoms with Crippen molar-refractivity contribution in [2.75, 3.05) is 6.61 Å². The Morgan fingerprint density at radius 2 is 1.95 bits per heavy atom. The third-order valence-electron chi connectivity index (χ3n) is 3.56. The van der Waals surface area contributed by atoms with Crippen LogP contribution in [-0.4, -0.2) is 6.61 Å². The van der Waals surface area contributed by atoms with Crippen LogP contribution in [0.1, 0.15) is 29.0 Å². The maximum absolute atomic E-state index is 13.2. The first-order chi connectivity index (χ1) is 10.1. The number of ether oxygens (including phenoxy) is 1. The molecule has 0 aliphatic carbocycles. The molecule has 1 unspecified atom stereocenters. The van der Waals surface area contributed by atoms with Crippen LogP contribution < -0.4 is 4.74 Å². The smallest absolute Gasteiger partial charge is 0.123 e. The fourth-order valence-electron chi connectivity index (χ4n) is 2.13. The van der Waals surface area contributed by atoms with E-state index in [2.05, 4.69) is 13.0 Å². The normalized spacial score (nSPS) is 11.7. The largest absolute Gasteiger partial charge is 0.494 e. The highest BCUT2D eigenvalue weighted by Crippen LogP contribution is 2.21. The van der Waals surface area contributed by atoms with Gasteiger partial charge < -0.3 is 4.74 Å². The average Bonchev–Trinajstić information content (AvgIpc) is 2.47. The zero-order valence-corrected chi connectivity index (χ0v) is 12.3. The quantitative estimate of drug-likeness (QED) is 0.808. The molecule has 0 bridgehead atoms. The SMILES string of the molecule is Cc1ccc(OCCC(C#N)c2cccc(F)c2)cc1C. The van der Waals surface area contributed by atoms with Crippen LogP contribution in [0.2, 0.25) is 0 Å². The fourth-order valence-corrected chi connectivity index (χ4v) is 2.13. The van der Waals surface area contributed by atoms with Crippen molar-refractivity contribution in [3.05, 3.63) is 65.0 Å². The van der Waals surface area contributed by atoms with Gasteiger partial charge in [0.2, 0.25) is 0 Å². The first-order valence-electron chi connectivity index (χ1n) is 6.95. The number of halogens is 1. The minimum atomic E-state index is -0.354. The van der Waals surface area contributed by atoms with Gasteiger partial charge in [-0.1, -0.05) is 18.2 Å². The van der Waals surface area contributed by atoms with E-state index in [0.29, 0.717) is 18.6 Å². The monoisotopic (exact) mass is 283 g/mol. The summed E-state index contributed by atoms with van der Waals surface area (Å²) >= 11 is 0. The summed E-state index contributed by atoms with van der Waals surface area (Å²) in [6.45, 7) is 4.51. The van der Waals surface area contributed by atoms with Gasteiger partial charge in [-0.15, -0.1) is 0 Å². The number of hydrogen-bond acceptors (Lipinski definition) is 2. The molecule has 21 heavy (non-hydrogen) atoms. The van der Waals surface area contributed by atoms with E-state index in [1.807, 2.05) is 25.1 Å². The lowest BCUT2D eigenvalue weighted by atomic mass is 9.97. The van der Waals surface area contributed by atoms with Gasteiger partial charge in [0.15, 0.2) is 0 Å². The van der Waals surface area contributed by atoms with Gasteiger partial charge in [-0.3, -0.25) is 0 Å². The molecule has 0 saturated carbocycles. The van der Waals surface area contributed by atoms with Crippen LogP contribution in [0.5, 0.6) is 5.75 Å². The predicted molar refractivity (Wildman–Crippen MR) is 80.8 cm³/mol. The van der Waals surface area contributed by atoms with E-state index in [-0.39, 0.29) is 11.7 Å². The molecule has 0 radical (unpaired) electrons. The molecule has 0 fully saturated rings. The Hall–Kier alpha value is -2.34. The molecule has 2 aromatic carbocycles. The van der Waals surface area contributed by atoms with Gasteiger partial charge in [-0.05, 0) is 54.8 Å². The summed E-state index contributed by atoms with van der Waals surface area (Å²) in [6.07, 6.45) is 0.535. The Labute approximate surface area is 124 Å². The topological polar surface area (TPSA) is 33.0 Å².